The predicted octanol–water partition coefficient (Wildman–Crippen LogP) is 2.96. The Morgan fingerprint density at radius 3 is 2.95 bits per heavy atom. The molecule has 5 nitrogen and oxygen atoms in total. The van der Waals surface area contributed by atoms with Crippen molar-refractivity contribution in [1.82, 2.24) is 15.5 Å². The minimum Gasteiger partial charge on any atom is -0.461 e. The Balaban J connectivity index is 1.89. The van der Waals surface area contributed by atoms with Crippen LogP contribution < -0.4 is 5.32 Å². The van der Waals surface area contributed by atoms with Crippen LogP contribution in [0.3, 0.4) is 0 Å². The zero-order valence-electron chi connectivity index (χ0n) is 11.8. The number of rotatable bonds is 7. The van der Waals surface area contributed by atoms with Crippen LogP contribution in [0.25, 0.3) is 11.6 Å². The minimum absolute atomic E-state index is 0.459. The maximum absolute atomic E-state index is 5.35. The zero-order valence-corrected chi connectivity index (χ0v) is 11.8. The first-order valence-electron chi connectivity index (χ1n) is 6.81. The molecule has 19 heavy (non-hydrogen) atoms. The third-order valence-corrected chi connectivity index (χ3v) is 3.07. The first-order valence-corrected chi connectivity index (χ1v) is 6.81. The van der Waals surface area contributed by atoms with Gasteiger partial charge in [0.15, 0.2) is 5.76 Å². The molecule has 0 aliphatic heterocycles. The number of aryl methyl sites for hydroxylation is 2. The lowest BCUT2D eigenvalue weighted by Crippen LogP contribution is -2.27. The van der Waals surface area contributed by atoms with Gasteiger partial charge in [-0.25, -0.2) is 0 Å². The van der Waals surface area contributed by atoms with E-state index in [1.165, 1.54) is 0 Å². The molecule has 0 bridgehead atoms. The summed E-state index contributed by atoms with van der Waals surface area (Å²) in [5.41, 5.74) is 1.02. The second-order valence-corrected chi connectivity index (χ2v) is 4.84. The van der Waals surface area contributed by atoms with E-state index in [1.807, 2.05) is 13.0 Å². The standard InChI is InChI=1S/C14H21N3O2/c1-4-8-15-11(3)5-6-12-16-14(17-19-12)13-10(2)7-9-18-13/h7,9,11,15H,4-6,8H2,1-3H3. The number of nitrogens with one attached hydrogen (secondary N) is 1. The number of aromatic nitrogens is 2. The van der Waals surface area contributed by atoms with Crippen LogP contribution in [0.2, 0.25) is 0 Å². The molecule has 1 atom stereocenters. The molecule has 0 amide bonds. The van der Waals surface area contributed by atoms with Crippen molar-refractivity contribution in [2.24, 2.45) is 0 Å². The first kappa shape index (κ1) is 13.8. The van der Waals surface area contributed by atoms with E-state index in [0.717, 1.165) is 31.4 Å². The summed E-state index contributed by atoms with van der Waals surface area (Å²) in [4.78, 5) is 4.37. The Morgan fingerprint density at radius 1 is 1.42 bits per heavy atom. The molecule has 5 heteroatoms. The summed E-state index contributed by atoms with van der Waals surface area (Å²) in [6.07, 6.45) is 4.55. The van der Waals surface area contributed by atoms with E-state index in [0.29, 0.717) is 23.5 Å². The Morgan fingerprint density at radius 2 is 2.26 bits per heavy atom. The van der Waals surface area contributed by atoms with Crippen molar-refractivity contribution in [3.8, 4) is 11.6 Å². The number of furan rings is 1. The molecule has 104 valence electrons. The highest BCUT2D eigenvalue weighted by atomic mass is 16.5. The molecule has 0 aromatic carbocycles. The fourth-order valence-corrected chi connectivity index (χ4v) is 1.88. The van der Waals surface area contributed by atoms with Gasteiger partial charge in [-0.1, -0.05) is 12.1 Å². The van der Waals surface area contributed by atoms with Gasteiger partial charge in [-0.05, 0) is 44.9 Å². The van der Waals surface area contributed by atoms with Crippen LogP contribution in [0, 0.1) is 6.92 Å². The average molecular weight is 263 g/mol. The molecule has 0 spiro atoms. The SMILES string of the molecule is CCCNC(C)CCc1nc(-c2occc2C)no1. The summed E-state index contributed by atoms with van der Waals surface area (Å²) in [5, 5.41) is 7.40. The summed E-state index contributed by atoms with van der Waals surface area (Å²) in [6.45, 7) is 7.34. The molecule has 0 saturated carbocycles. The smallest absolute Gasteiger partial charge is 0.238 e. The van der Waals surface area contributed by atoms with Crippen LogP contribution >= 0.6 is 0 Å². The largest absolute Gasteiger partial charge is 0.461 e. The van der Waals surface area contributed by atoms with Gasteiger partial charge in [-0.15, -0.1) is 0 Å². The van der Waals surface area contributed by atoms with Gasteiger partial charge in [0.25, 0.3) is 0 Å². The molecule has 2 aromatic heterocycles. The highest BCUT2D eigenvalue weighted by Crippen LogP contribution is 2.21. The van der Waals surface area contributed by atoms with Crippen molar-refractivity contribution >= 4 is 0 Å². The monoisotopic (exact) mass is 263 g/mol. The lowest BCUT2D eigenvalue weighted by molar-refractivity contribution is 0.366. The van der Waals surface area contributed by atoms with E-state index in [9.17, 15) is 0 Å². The second kappa shape index (κ2) is 6.52. The van der Waals surface area contributed by atoms with Crippen LogP contribution in [-0.4, -0.2) is 22.7 Å². The molecular weight excluding hydrogens is 242 g/mol. The van der Waals surface area contributed by atoms with Crippen molar-refractivity contribution in [2.75, 3.05) is 6.54 Å². The van der Waals surface area contributed by atoms with Crippen LogP contribution in [0.5, 0.6) is 0 Å². The summed E-state index contributed by atoms with van der Waals surface area (Å²) in [6, 6.07) is 2.35. The number of nitrogens with zero attached hydrogens (tertiary/aromatic N) is 2. The predicted molar refractivity (Wildman–Crippen MR) is 72.8 cm³/mol. The van der Waals surface area contributed by atoms with Crippen LogP contribution in [0.1, 0.15) is 38.1 Å². The molecule has 0 saturated heterocycles. The van der Waals surface area contributed by atoms with Gasteiger partial charge in [-0.2, -0.15) is 4.98 Å². The Labute approximate surface area is 113 Å². The molecular formula is C14H21N3O2. The Kier molecular flexibility index (Phi) is 4.74. The highest BCUT2D eigenvalue weighted by Gasteiger charge is 2.14. The van der Waals surface area contributed by atoms with E-state index in [1.54, 1.807) is 6.26 Å². The van der Waals surface area contributed by atoms with Gasteiger partial charge >= 0.3 is 0 Å². The van der Waals surface area contributed by atoms with Gasteiger partial charge < -0.3 is 14.3 Å². The third kappa shape index (κ3) is 3.67. The van der Waals surface area contributed by atoms with Crippen LogP contribution in [-0.2, 0) is 6.42 Å². The van der Waals surface area contributed by atoms with Crippen LogP contribution in [0.15, 0.2) is 21.3 Å². The number of hydrogen-bond acceptors (Lipinski definition) is 5. The fraction of sp³-hybridized carbons (Fsp3) is 0.571. The highest BCUT2D eigenvalue weighted by molar-refractivity contribution is 5.50. The lowest BCUT2D eigenvalue weighted by atomic mass is 10.2. The lowest BCUT2D eigenvalue weighted by Gasteiger charge is -2.10. The van der Waals surface area contributed by atoms with Gasteiger partial charge in [0.1, 0.15) is 0 Å². The van der Waals surface area contributed by atoms with E-state index in [2.05, 4.69) is 29.3 Å². The Hall–Kier alpha value is -1.62. The molecule has 0 radical (unpaired) electrons. The van der Waals surface area contributed by atoms with Crippen molar-refractivity contribution in [1.29, 1.82) is 0 Å². The summed E-state index contributed by atoms with van der Waals surface area (Å²) in [5.74, 6) is 1.88. The van der Waals surface area contributed by atoms with Crippen LogP contribution in [0.4, 0.5) is 0 Å². The van der Waals surface area contributed by atoms with E-state index in [4.69, 9.17) is 8.94 Å². The van der Waals surface area contributed by atoms with Gasteiger partial charge in [0.05, 0.1) is 6.26 Å². The molecule has 1 N–H and O–H groups in total. The molecule has 0 fully saturated rings. The molecule has 2 aromatic rings. The maximum atomic E-state index is 5.35. The maximum Gasteiger partial charge on any atom is 0.238 e. The number of hydrogen-bond donors (Lipinski definition) is 1. The molecule has 0 aliphatic carbocycles. The molecule has 1 unspecified atom stereocenters. The third-order valence-electron chi connectivity index (χ3n) is 3.07. The van der Waals surface area contributed by atoms with Gasteiger partial charge in [0.2, 0.25) is 11.7 Å². The minimum atomic E-state index is 0.459. The zero-order chi connectivity index (χ0) is 13.7. The van der Waals surface area contributed by atoms with Crippen molar-refractivity contribution in [2.45, 2.75) is 46.1 Å². The van der Waals surface area contributed by atoms with Crippen molar-refractivity contribution in [3.05, 3.63) is 23.8 Å². The quantitative estimate of drug-likeness (QED) is 0.832. The summed E-state index contributed by atoms with van der Waals surface area (Å²) >= 11 is 0. The molecule has 2 heterocycles. The first-order chi connectivity index (χ1) is 9.20. The van der Waals surface area contributed by atoms with E-state index < -0.39 is 0 Å². The normalized spacial score (nSPS) is 12.8. The summed E-state index contributed by atoms with van der Waals surface area (Å²) < 4.78 is 10.6. The van der Waals surface area contributed by atoms with E-state index >= 15 is 0 Å². The van der Waals surface area contributed by atoms with Gasteiger partial charge in [-0.3, -0.25) is 0 Å². The van der Waals surface area contributed by atoms with Crippen molar-refractivity contribution in [3.63, 3.8) is 0 Å². The second-order valence-electron chi connectivity index (χ2n) is 4.84. The van der Waals surface area contributed by atoms with E-state index in [-0.39, 0.29) is 0 Å². The topological polar surface area (TPSA) is 64.1 Å². The average Bonchev–Trinajstić information content (AvgIpc) is 3.02. The van der Waals surface area contributed by atoms with Crippen molar-refractivity contribution < 1.29 is 8.94 Å². The van der Waals surface area contributed by atoms with Gasteiger partial charge in [0, 0.05) is 12.5 Å². The fourth-order valence-electron chi connectivity index (χ4n) is 1.88. The summed E-state index contributed by atoms with van der Waals surface area (Å²) in [7, 11) is 0. The Bertz CT molecular complexity index is 504. The molecule has 0 aliphatic rings. The molecule has 2 rings (SSSR count).